The molecule has 0 atom stereocenters. The minimum atomic E-state index is -3.55. The number of ether oxygens (including phenoxy) is 2. The summed E-state index contributed by atoms with van der Waals surface area (Å²) in [6.45, 7) is 0.790. The summed E-state index contributed by atoms with van der Waals surface area (Å²) in [4.78, 5) is 0. The van der Waals surface area contributed by atoms with Crippen LogP contribution in [0.1, 0.15) is 12.0 Å². The molecule has 0 bridgehead atoms. The molecule has 2 rings (SSSR count). The second-order valence-corrected chi connectivity index (χ2v) is 7.04. The molecule has 6 nitrogen and oxygen atoms in total. The first-order valence-electron chi connectivity index (χ1n) is 7.49. The molecule has 0 heterocycles. The summed E-state index contributed by atoms with van der Waals surface area (Å²) in [6, 6.07) is 14.0. The summed E-state index contributed by atoms with van der Waals surface area (Å²) in [6.07, 6.45) is 0.360. The molecule has 24 heavy (non-hydrogen) atoms. The van der Waals surface area contributed by atoms with Crippen molar-refractivity contribution in [3.63, 3.8) is 0 Å². The van der Waals surface area contributed by atoms with Crippen molar-refractivity contribution in [1.82, 2.24) is 0 Å². The number of phenols is 1. The van der Waals surface area contributed by atoms with E-state index in [9.17, 15) is 13.5 Å². The van der Waals surface area contributed by atoms with Crippen molar-refractivity contribution >= 4 is 15.7 Å². The zero-order chi connectivity index (χ0) is 17.4. The number of benzene rings is 2. The van der Waals surface area contributed by atoms with Gasteiger partial charge in [0.05, 0.1) is 25.2 Å². The number of aromatic hydroxyl groups is 1. The third-order valence-electron chi connectivity index (χ3n) is 3.28. The highest BCUT2D eigenvalue weighted by atomic mass is 32.2. The van der Waals surface area contributed by atoms with E-state index in [4.69, 9.17) is 9.47 Å². The zero-order valence-electron chi connectivity index (χ0n) is 13.4. The number of anilines is 1. The molecule has 7 heteroatoms. The van der Waals surface area contributed by atoms with E-state index in [-0.39, 0.29) is 17.2 Å². The molecule has 0 saturated heterocycles. The highest BCUT2D eigenvalue weighted by Gasteiger charge is 2.13. The number of hydrogen-bond acceptors (Lipinski definition) is 5. The minimum absolute atomic E-state index is 0.0900. The van der Waals surface area contributed by atoms with Gasteiger partial charge >= 0.3 is 0 Å². The number of hydrogen-bond donors (Lipinski definition) is 2. The van der Waals surface area contributed by atoms with E-state index < -0.39 is 10.0 Å². The molecular weight excluding hydrogens is 330 g/mol. The second kappa shape index (κ2) is 8.56. The Balaban J connectivity index is 1.77. The normalized spacial score (nSPS) is 11.2. The summed E-state index contributed by atoms with van der Waals surface area (Å²) in [7, 11) is -2.09. The molecule has 130 valence electrons. The Morgan fingerprint density at radius 3 is 2.54 bits per heavy atom. The van der Waals surface area contributed by atoms with E-state index in [1.165, 1.54) is 19.2 Å². The first-order valence-corrected chi connectivity index (χ1v) is 9.14. The molecule has 2 aromatic rings. The summed E-state index contributed by atoms with van der Waals surface area (Å²) in [5.74, 6) is 0.177. The van der Waals surface area contributed by atoms with Crippen LogP contribution in [-0.4, -0.2) is 33.0 Å². The molecule has 0 spiro atoms. The van der Waals surface area contributed by atoms with Gasteiger partial charge in [0.25, 0.3) is 0 Å². The van der Waals surface area contributed by atoms with Crippen molar-refractivity contribution in [3.05, 3.63) is 54.1 Å². The van der Waals surface area contributed by atoms with Gasteiger partial charge in [0.2, 0.25) is 10.0 Å². The number of phenolic OH excluding ortho intramolecular Hbond substituents is 1. The van der Waals surface area contributed by atoms with Crippen LogP contribution in [0.2, 0.25) is 0 Å². The Labute approximate surface area is 142 Å². The minimum Gasteiger partial charge on any atom is -0.506 e. The average molecular weight is 351 g/mol. The van der Waals surface area contributed by atoms with Crippen LogP contribution < -0.4 is 9.46 Å². The molecule has 0 aromatic heterocycles. The Kier molecular flexibility index (Phi) is 6.45. The molecule has 0 radical (unpaired) electrons. The van der Waals surface area contributed by atoms with Crippen LogP contribution in [-0.2, 0) is 21.4 Å². The number of sulfonamides is 1. The molecule has 0 unspecified atom stereocenters. The van der Waals surface area contributed by atoms with Crippen LogP contribution in [0.5, 0.6) is 11.5 Å². The van der Waals surface area contributed by atoms with E-state index in [0.717, 1.165) is 5.56 Å². The quantitative estimate of drug-likeness (QED) is 0.536. The lowest BCUT2D eigenvalue weighted by atomic mass is 10.2. The largest absolute Gasteiger partial charge is 0.506 e. The standard InChI is InChI=1S/C17H21NO5S/c1-22-15-8-9-16(17(19)12-15)18-24(20,21)11-5-10-23-13-14-6-3-2-4-7-14/h2-4,6-9,12,18-19H,5,10-11,13H2,1H3. The fourth-order valence-electron chi connectivity index (χ4n) is 2.06. The lowest BCUT2D eigenvalue weighted by molar-refractivity contribution is 0.122. The second-order valence-electron chi connectivity index (χ2n) is 5.20. The van der Waals surface area contributed by atoms with Gasteiger partial charge in [-0.2, -0.15) is 0 Å². The summed E-state index contributed by atoms with van der Waals surface area (Å²) >= 11 is 0. The van der Waals surface area contributed by atoms with Crippen molar-refractivity contribution in [3.8, 4) is 11.5 Å². The first-order chi connectivity index (χ1) is 11.5. The van der Waals surface area contributed by atoms with Gasteiger partial charge in [-0.05, 0) is 24.1 Å². The van der Waals surface area contributed by atoms with Gasteiger partial charge in [-0.3, -0.25) is 4.72 Å². The number of rotatable bonds is 9. The van der Waals surface area contributed by atoms with Gasteiger partial charge in [-0.15, -0.1) is 0 Å². The predicted molar refractivity (Wildman–Crippen MR) is 92.8 cm³/mol. The molecule has 2 N–H and O–H groups in total. The number of nitrogens with one attached hydrogen (secondary N) is 1. The van der Waals surface area contributed by atoms with E-state index in [0.29, 0.717) is 25.4 Å². The smallest absolute Gasteiger partial charge is 0.232 e. The average Bonchev–Trinajstić information content (AvgIpc) is 2.57. The molecule has 2 aromatic carbocycles. The van der Waals surface area contributed by atoms with Gasteiger partial charge in [0.15, 0.2) is 0 Å². The maximum absolute atomic E-state index is 12.0. The highest BCUT2D eigenvalue weighted by Crippen LogP contribution is 2.28. The van der Waals surface area contributed by atoms with E-state index in [2.05, 4.69) is 4.72 Å². The Hall–Kier alpha value is -2.25. The SMILES string of the molecule is COc1ccc(NS(=O)(=O)CCCOCc2ccccc2)c(O)c1. The third kappa shape index (κ3) is 5.75. The van der Waals surface area contributed by atoms with Crippen molar-refractivity contribution in [1.29, 1.82) is 0 Å². The van der Waals surface area contributed by atoms with Crippen molar-refractivity contribution in [2.75, 3.05) is 24.2 Å². The lowest BCUT2D eigenvalue weighted by Crippen LogP contribution is -2.18. The van der Waals surface area contributed by atoms with Crippen molar-refractivity contribution in [2.24, 2.45) is 0 Å². The van der Waals surface area contributed by atoms with Crippen LogP contribution >= 0.6 is 0 Å². The van der Waals surface area contributed by atoms with Crippen LogP contribution in [0.15, 0.2) is 48.5 Å². The maximum Gasteiger partial charge on any atom is 0.232 e. The summed E-state index contributed by atoms with van der Waals surface area (Å²) < 4.78 is 36.8. The lowest BCUT2D eigenvalue weighted by Gasteiger charge is -2.11. The Morgan fingerprint density at radius 1 is 1.12 bits per heavy atom. The fourth-order valence-corrected chi connectivity index (χ4v) is 3.17. The monoisotopic (exact) mass is 351 g/mol. The summed E-state index contributed by atoms with van der Waals surface area (Å²) in [5, 5.41) is 9.79. The van der Waals surface area contributed by atoms with Crippen LogP contribution in [0.4, 0.5) is 5.69 Å². The maximum atomic E-state index is 12.0. The van der Waals surface area contributed by atoms with Crippen molar-refractivity contribution < 1.29 is 23.0 Å². The topological polar surface area (TPSA) is 84.9 Å². The highest BCUT2D eigenvalue weighted by molar-refractivity contribution is 7.92. The molecule has 0 aliphatic rings. The van der Waals surface area contributed by atoms with Gasteiger partial charge in [0, 0.05) is 12.7 Å². The van der Waals surface area contributed by atoms with E-state index >= 15 is 0 Å². The third-order valence-corrected chi connectivity index (χ3v) is 4.64. The zero-order valence-corrected chi connectivity index (χ0v) is 14.3. The summed E-state index contributed by atoms with van der Waals surface area (Å²) in [5.41, 5.74) is 1.17. The molecule has 0 amide bonds. The van der Waals surface area contributed by atoms with Crippen LogP contribution in [0.25, 0.3) is 0 Å². The molecule has 0 fully saturated rings. The van der Waals surface area contributed by atoms with Crippen LogP contribution in [0.3, 0.4) is 0 Å². The van der Waals surface area contributed by atoms with Gasteiger partial charge in [0.1, 0.15) is 11.5 Å². The van der Waals surface area contributed by atoms with Crippen LogP contribution in [0, 0.1) is 0 Å². The van der Waals surface area contributed by atoms with E-state index in [1.807, 2.05) is 30.3 Å². The Morgan fingerprint density at radius 2 is 1.88 bits per heavy atom. The number of methoxy groups -OCH3 is 1. The predicted octanol–water partition coefficient (Wildman–Crippen LogP) is 2.75. The van der Waals surface area contributed by atoms with Gasteiger partial charge in [-0.1, -0.05) is 30.3 Å². The van der Waals surface area contributed by atoms with Crippen molar-refractivity contribution in [2.45, 2.75) is 13.0 Å². The van der Waals surface area contributed by atoms with Gasteiger partial charge in [-0.25, -0.2) is 8.42 Å². The first kappa shape index (κ1) is 18.1. The Bertz CT molecular complexity index is 747. The molecule has 0 saturated carbocycles. The molecular formula is C17H21NO5S. The van der Waals surface area contributed by atoms with Gasteiger partial charge < -0.3 is 14.6 Å². The van der Waals surface area contributed by atoms with E-state index in [1.54, 1.807) is 6.07 Å². The fraction of sp³-hybridized carbons (Fsp3) is 0.294. The molecule has 0 aliphatic heterocycles. The molecule has 0 aliphatic carbocycles.